The van der Waals surface area contributed by atoms with Crippen LogP contribution in [0.15, 0.2) is 4.52 Å². The van der Waals surface area contributed by atoms with Gasteiger partial charge in [0.2, 0.25) is 5.89 Å². The molecule has 2 atom stereocenters. The van der Waals surface area contributed by atoms with E-state index in [1.165, 1.54) is 0 Å². The molecule has 0 bridgehead atoms. The summed E-state index contributed by atoms with van der Waals surface area (Å²) in [7, 11) is 0. The predicted octanol–water partition coefficient (Wildman–Crippen LogP) is 3.37. The largest absolute Gasteiger partial charge is 0.392 e. The summed E-state index contributed by atoms with van der Waals surface area (Å²) in [6, 6.07) is 0. The molecule has 0 amide bonds. The molecule has 1 aliphatic carbocycles. The van der Waals surface area contributed by atoms with E-state index in [9.17, 15) is 13.2 Å². The van der Waals surface area contributed by atoms with E-state index >= 15 is 0 Å². The Hall–Kier alpha value is -1.11. The number of alkyl halides is 3. The van der Waals surface area contributed by atoms with Gasteiger partial charge in [-0.2, -0.15) is 18.2 Å². The molecule has 0 aromatic carbocycles. The first-order valence-electron chi connectivity index (χ1n) is 7.66. The second kappa shape index (κ2) is 5.94. The van der Waals surface area contributed by atoms with Gasteiger partial charge < -0.3 is 9.84 Å². The zero-order chi connectivity index (χ0) is 14.9. The zero-order valence-electron chi connectivity index (χ0n) is 11.8. The first kappa shape index (κ1) is 14.8. The van der Waals surface area contributed by atoms with Crippen molar-refractivity contribution in [1.82, 2.24) is 15.5 Å². The number of hydrogen-bond acceptors (Lipinski definition) is 4. The van der Waals surface area contributed by atoms with E-state index < -0.39 is 18.0 Å². The van der Waals surface area contributed by atoms with E-state index in [0.29, 0.717) is 18.7 Å². The molecule has 1 aliphatic heterocycles. The smallest absolute Gasteiger partial charge is 0.339 e. The number of nitrogens with zero attached hydrogens (tertiary/aromatic N) is 2. The van der Waals surface area contributed by atoms with Crippen molar-refractivity contribution in [2.75, 3.05) is 13.1 Å². The van der Waals surface area contributed by atoms with Crippen molar-refractivity contribution in [3.63, 3.8) is 0 Å². The quantitative estimate of drug-likeness (QED) is 0.910. The molecule has 2 heterocycles. The fourth-order valence-electron chi connectivity index (χ4n) is 3.46. The summed E-state index contributed by atoms with van der Waals surface area (Å²) in [6.45, 7) is 1.78. The van der Waals surface area contributed by atoms with Crippen LogP contribution in [-0.2, 0) is 0 Å². The van der Waals surface area contributed by atoms with E-state index in [4.69, 9.17) is 4.52 Å². The van der Waals surface area contributed by atoms with Gasteiger partial charge in [0, 0.05) is 11.8 Å². The number of hydrogen-bond donors (Lipinski definition) is 1. The summed E-state index contributed by atoms with van der Waals surface area (Å²) < 4.78 is 44.6. The molecule has 1 aromatic rings. The van der Waals surface area contributed by atoms with Gasteiger partial charge in [0.05, 0.1) is 5.92 Å². The zero-order valence-corrected chi connectivity index (χ0v) is 11.8. The lowest BCUT2D eigenvalue weighted by atomic mass is 9.78. The molecule has 0 radical (unpaired) electrons. The third-order valence-electron chi connectivity index (χ3n) is 4.67. The van der Waals surface area contributed by atoms with E-state index in [-0.39, 0.29) is 18.2 Å². The Balaban J connectivity index is 1.77. The Kier molecular flexibility index (Phi) is 4.19. The second-order valence-corrected chi connectivity index (χ2v) is 6.05. The summed E-state index contributed by atoms with van der Waals surface area (Å²) in [4.78, 5) is 4.32. The molecular formula is C14H20F3N3O. The first-order valence-corrected chi connectivity index (χ1v) is 7.66. The number of aromatic nitrogens is 2. The highest BCUT2D eigenvalue weighted by atomic mass is 19.4. The van der Waals surface area contributed by atoms with E-state index in [1.54, 1.807) is 0 Å². The summed E-state index contributed by atoms with van der Waals surface area (Å²) in [5.41, 5.74) is 0. The van der Waals surface area contributed by atoms with Gasteiger partial charge in [0.25, 0.3) is 0 Å². The van der Waals surface area contributed by atoms with Crippen LogP contribution >= 0.6 is 0 Å². The van der Waals surface area contributed by atoms with Gasteiger partial charge in [-0.25, -0.2) is 0 Å². The third kappa shape index (κ3) is 3.22. The van der Waals surface area contributed by atoms with E-state index in [1.807, 2.05) is 0 Å². The highest BCUT2D eigenvalue weighted by Crippen LogP contribution is 2.46. The first-order chi connectivity index (χ1) is 10.1. The highest BCUT2D eigenvalue weighted by molar-refractivity contribution is 5.04. The summed E-state index contributed by atoms with van der Waals surface area (Å²) in [5, 5.41) is 7.20. The van der Waals surface area contributed by atoms with Crippen LogP contribution in [0.2, 0.25) is 0 Å². The fourth-order valence-corrected chi connectivity index (χ4v) is 3.46. The van der Waals surface area contributed by atoms with Gasteiger partial charge in [-0.1, -0.05) is 18.0 Å². The maximum atomic E-state index is 13.1. The normalized spacial score (nSPS) is 28.7. The van der Waals surface area contributed by atoms with Crippen molar-refractivity contribution in [2.45, 2.75) is 56.5 Å². The van der Waals surface area contributed by atoms with Crippen molar-refractivity contribution in [3.05, 3.63) is 11.7 Å². The second-order valence-electron chi connectivity index (χ2n) is 6.05. The number of nitrogens with one attached hydrogen (secondary N) is 1. The SMILES string of the molecule is FC(F)(F)C1CCCCC1c1nc(C2CCNCC2)no1. The van der Waals surface area contributed by atoms with Crippen LogP contribution in [0.3, 0.4) is 0 Å². The summed E-state index contributed by atoms with van der Waals surface area (Å²) in [6.07, 6.45) is -0.303. The molecule has 1 N–H and O–H groups in total. The predicted molar refractivity (Wildman–Crippen MR) is 69.9 cm³/mol. The number of rotatable bonds is 2. The van der Waals surface area contributed by atoms with E-state index in [2.05, 4.69) is 15.5 Å². The molecule has 1 saturated heterocycles. The van der Waals surface area contributed by atoms with Gasteiger partial charge in [-0.3, -0.25) is 0 Å². The average molecular weight is 303 g/mol. The number of halogens is 3. The van der Waals surface area contributed by atoms with Gasteiger partial charge in [-0.05, 0) is 38.8 Å². The van der Waals surface area contributed by atoms with Crippen molar-refractivity contribution in [3.8, 4) is 0 Å². The summed E-state index contributed by atoms with van der Waals surface area (Å²) in [5.74, 6) is -1.03. The molecule has 3 rings (SSSR count). The molecule has 21 heavy (non-hydrogen) atoms. The Labute approximate surface area is 121 Å². The Morgan fingerprint density at radius 2 is 1.76 bits per heavy atom. The molecule has 1 saturated carbocycles. The van der Waals surface area contributed by atoms with Crippen LogP contribution in [0.5, 0.6) is 0 Å². The standard InChI is InChI=1S/C14H20F3N3O/c15-14(16,17)11-4-2-1-3-10(11)13-19-12(20-21-13)9-5-7-18-8-6-9/h9-11,18H,1-8H2. The van der Waals surface area contributed by atoms with Crippen molar-refractivity contribution in [2.24, 2.45) is 5.92 Å². The van der Waals surface area contributed by atoms with Crippen LogP contribution in [-0.4, -0.2) is 29.4 Å². The molecule has 2 aliphatic rings. The lowest BCUT2D eigenvalue weighted by Crippen LogP contribution is -2.32. The summed E-state index contributed by atoms with van der Waals surface area (Å²) >= 11 is 0. The topological polar surface area (TPSA) is 51.0 Å². The van der Waals surface area contributed by atoms with Gasteiger partial charge in [-0.15, -0.1) is 0 Å². The average Bonchev–Trinajstić information content (AvgIpc) is 2.97. The Bertz CT molecular complexity index is 468. The number of piperidine rings is 1. The fraction of sp³-hybridized carbons (Fsp3) is 0.857. The maximum absolute atomic E-state index is 13.1. The highest BCUT2D eigenvalue weighted by Gasteiger charge is 2.48. The van der Waals surface area contributed by atoms with Crippen molar-refractivity contribution >= 4 is 0 Å². The molecule has 118 valence electrons. The van der Waals surface area contributed by atoms with Crippen molar-refractivity contribution < 1.29 is 17.7 Å². The van der Waals surface area contributed by atoms with E-state index in [0.717, 1.165) is 32.4 Å². The lowest BCUT2D eigenvalue weighted by Gasteiger charge is -2.30. The molecule has 2 fully saturated rings. The minimum absolute atomic E-state index is 0.166. The molecule has 0 spiro atoms. The van der Waals surface area contributed by atoms with Gasteiger partial charge in [0.1, 0.15) is 0 Å². The van der Waals surface area contributed by atoms with Crippen LogP contribution in [0.1, 0.15) is 62.1 Å². The minimum Gasteiger partial charge on any atom is -0.339 e. The van der Waals surface area contributed by atoms with Gasteiger partial charge >= 0.3 is 6.18 Å². The molecule has 2 unspecified atom stereocenters. The monoisotopic (exact) mass is 303 g/mol. The van der Waals surface area contributed by atoms with Crippen LogP contribution in [0, 0.1) is 5.92 Å². The molecular weight excluding hydrogens is 283 g/mol. The minimum atomic E-state index is -4.19. The lowest BCUT2D eigenvalue weighted by molar-refractivity contribution is -0.189. The molecule has 4 nitrogen and oxygen atoms in total. The van der Waals surface area contributed by atoms with Crippen LogP contribution in [0.25, 0.3) is 0 Å². The van der Waals surface area contributed by atoms with Crippen molar-refractivity contribution in [1.29, 1.82) is 0 Å². The Morgan fingerprint density at radius 1 is 1.05 bits per heavy atom. The maximum Gasteiger partial charge on any atom is 0.392 e. The molecule has 7 heteroatoms. The van der Waals surface area contributed by atoms with Gasteiger partial charge in [0.15, 0.2) is 5.82 Å². The molecule has 1 aromatic heterocycles. The van der Waals surface area contributed by atoms with Crippen LogP contribution < -0.4 is 5.32 Å². The third-order valence-corrected chi connectivity index (χ3v) is 4.67. The van der Waals surface area contributed by atoms with Crippen LogP contribution in [0.4, 0.5) is 13.2 Å². The Morgan fingerprint density at radius 3 is 2.48 bits per heavy atom.